The first-order chi connectivity index (χ1) is 6.43. The minimum atomic E-state index is 0.712. The summed E-state index contributed by atoms with van der Waals surface area (Å²) in [7, 11) is 0. The molecule has 0 amide bonds. The van der Waals surface area contributed by atoms with E-state index in [1.54, 1.807) is 0 Å². The van der Waals surface area contributed by atoms with Crippen LogP contribution in [0.4, 0.5) is 0 Å². The van der Waals surface area contributed by atoms with Crippen molar-refractivity contribution < 1.29 is 4.74 Å². The summed E-state index contributed by atoms with van der Waals surface area (Å²) in [5.41, 5.74) is 0. The molecule has 0 saturated heterocycles. The maximum atomic E-state index is 5.47. The zero-order chi connectivity index (χ0) is 9.36. The standard InChI is InChI=1S/C11H16NO/c1-2-8-12-9-10-13-11-6-4-3-5-7-11/h3-7,12H,1-2,8-10H2. The van der Waals surface area contributed by atoms with Crippen LogP contribution in [0.5, 0.6) is 5.75 Å². The summed E-state index contributed by atoms with van der Waals surface area (Å²) < 4.78 is 5.47. The first-order valence-electron chi connectivity index (χ1n) is 4.61. The summed E-state index contributed by atoms with van der Waals surface area (Å²) in [4.78, 5) is 0. The predicted molar refractivity (Wildman–Crippen MR) is 54.8 cm³/mol. The van der Waals surface area contributed by atoms with E-state index in [-0.39, 0.29) is 0 Å². The molecule has 0 aliphatic carbocycles. The molecule has 0 spiro atoms. The van der Waals surface area contributed by atoms with E-state index >= 15 is 0 Å². The lowest BCUT2D eigenvalue weighted by atomic mass is 10.3. The normalized spacial score (nSPS) is 9.92. The van der Waals surface area contributed by atoms with E-state index in [9.17, 15) is 0 Å². The van der Waals surface area contributed by atoms with Gasteiger partial charge in [-0.2, -0.15) is 0 Å². The third-order valence-electron chi connectivity index (χ3n) is 1.64. The SMILES string of the molecule is [CH2]CCNCCOc1ccccc1. The number of nitrogens with one attached hydrogen (secondary N) is 1. The third kappa shape index (κ3) is 4.53. The monoisotopic (exact) mass is 178 g/mol. The van der Waals surface area contributed by atoms with Crippen LogP contribution in [0.25, 0.3) is 0 Å². The van der Waals surface area contributed by atoms with Gasteiger partial charge in [-0.3, -0.25) is 0 Å². The molecular weight excluding hydrogens is 162 g/mol. The molecule has 1 N–H and O–H groups in total. The van der Waals surface area contributed by atoms with Gasteiger partial charge in [-0.15, -0.1) is 0 Å². The fraction of sp³-hybridized carbons (Fsp3) is 0.364. The highest BCUT2D eigenvalue weighted by molar-refractivity contribution is 5.20. The van der Waals surface area contributed by atoms with E-state index in [4.69, 9.17) is 4.74 Å². The average molecular weight is 178 g/mol. The van der Waals surface area contributed by atoms with Crippen LogP contribution in [0.3, 0.4) is 0 Å². The van der Waals surface area contributed by atoms with Gasteiger partial charge in [-0.25, -0.2) is 0 Å². The van der Waals surface area contributed by atoms with Crippen LogP contribution in [-0.2, 0) is 0 Å². The van der Waals surface area contributed by atoms with Gasteiger partial charge in [0.05, 0.1) is 0 Å². The molecule has 1 aromatic carbocycles. The van der Waals surface area contributed by atoms with Crippen molar-refractivity contribution in [2.45, 2.75) is 6.42 Å². The Labute approximate surface area is 79.9 Å². The number of ether oxygens (including phenoxy) is 1. The van der Waals surface area contributed by atoms with Crippen LogP contribution in [-0.4, -0.2) is 19.7 Å². The predicted octanol–water partition coefficient (Wildman–Crippen LogP) is 1.88. The highest BCUT2D eigenvalue weighted by Crippen LogP contribution is 2.07. The summed E-state index contributed by atoms with van der Waals surface area (Å²) in [5, 5.41) is 3.22. The Morgan fingerprint density at radius 1 is 1.15 bits per heavy atom. The molecule has 0 fully saturated rings. The Morgan fingerprint density at radius 2 is 1.92 bits per heavy atom. The molecule has 2 heteroatoms. The van der Waals surface area contributed by atoms with Gasteiger partial charge in [0.15, 0.2) is 0 Å². The number of para-hydroxylation sites is 1. The first kappa shape index (κ1) is 10.1. The molecule has 13 heavy (non-hydrogen) atoms. The molecule has 0 saturated carbocycles. The van der Waals surface area contributed by atoms with Crippen LogP contribution < -0.4 is 10.1 Å². The van der Waals surface area contributed by atoms with Gasteiger partial charge < -0.3 is 10.1 Å². The number of benzene rings is 1. The lowest BCUT2D eigenvalue weighted by Crippen LogP contribution is -2.21. The fourth-order valence-corrected chi connectivity index (χ4v) is 1.01. The lowest BCUT2D eigenvalue weighted by Gasteiger charge is -2.05. The zero-order valence-electron chi connectivity index (χ0n) is 7.83. The number of hydrogen-bond donors (Lipinski definition) is 1. The van der Waals surface area contributed by atoms with Crippen LogP contribution in [0, 0.1) is 6.92 Å². The van der Waals surface area contributed by atoms with Crippen molar-refractivity contribution in [1.29, 1.82) is 0 Å². The Hall–Kier alpha value is -1.02. The molecular formula is C11H16NO. The van der Waals surface area contributed by atoms with Crippen LogP contribution in [0.1, 0.15) is 6.42 Å². The molecule has 0 aliphatic rings. The second-order valence-corrected chi connectivity index (χ2v) is 2.77. The van der Waals surface area contributed by atoms with Gasteiger partial charge in [0, 0.05) is 6.54 Å². The van der Waals surface area contributed by atoms with Crippen molar-refractivity contribution in [3.8, 4) is 5.75 Å². The molecule has 0 bridgehead atoms. The Balaban J connectivity index is 2.07. The van der Waals surface area contributed by atoms with Crippen molar-refractivity contribution in [3.63, 3.8) is 0 Å². The highest BCUT2D eigenvalue weighted by atomic mass is 16.5. The van der Waals surface area contributed by atoms with Gasteiger partial charge >= 0.3 is 0 Å². The fourth-order valence-electron chi connectivity index (χ4n) is 1.01. The van der Waals surface area contributed by atoms with Crippen LogP contribution >= 0.6 is 0 Å². The molecule has 0 aromatic heterocycles. The number of rotatable bonds is 6. The second kappa shape index (κ2) is 6.49. The Morgan fingerprint density at radius 3 is 2.62 bits per heavy atom. The molecule has 2 nitrogen and oxygen atoms in total. The van der Waals surface area contributed by atoms with Crippen LogP contribution in [0.15, 0.2) is 30.3 Å². The molecule has 1 rings (SSSR count). The van der Waals surface area contributed by atoms with E-state index in [0.717, 1.165) is 25.3 Å². The Kier molecular flexibility index (Phi) is 5.02. The molecule has 0 aliphatic heterocycles. The lowest BCUT2D eigenvalue weighted by molar-refractivity contribution is 0.314. The maximum absolute atomic E-state index is 5.47. The molecule has 1 radical (unpaired) electrons. The van der Waals surface area contributed by atoms with E-state index in [1.165, 1.54) is 0 Å². The van der Waals surface area contributed by atoms with Crippen LogP contribution in [0.2, 0.25) is 0 Å². The highest BCUT2D eigenvalue weighted by Gasteiger charge is 1.89. The Bertz CT molecular complexity index is 211. The largest absolute Gasteiger partial charge is 0.492 e. The summed E-state index contributed by atoms with van der Waals surface area (Å²) >= 11 is 0. The maximum Gasteiger partial charge on any atom is 0.119 e. The third-order valence-corrected chi connectivity index (χ3v) is 1.64. The minimum absolute atomic E-state index is 0.712. The first-order valence-corrected chi connectivity index (χ1v) is 4.61. The smallest absolute Gasteiger partial charge is 0.119 e. The molecule has 0 unspecified atom stereocenters. The topological polar surface area (TPSA) is 21.3 Å². The molecule has 1 aromatic rings. The van der Waals surface area contributed by atoms with E-state index in [2.05, 4.69) is 12.2 Å². The molecule has 0 atom stereocenters. The van der Waals surface area contributed by atoms with Crippen molar-refractivity contribution in [2.24, 2.45) is 0 Å². The van der Waals surface area contributed by atoms with E-state index in [0.29, 0.717) is 6.61 Å². The van der Waals surface area contributed by atoms with Gasteiger partial charge in [0.25, 0.3) is 0 Å². The minimum Gasteiger partial charge on any atom is -0.492 e. The molecule has 0 heterocycles. The van der Waals surface area contributed by atoms with E-state index in [1.807, 2.05) is 30.3 Å². The zero-order valence-corrected chi connectivity index (χ0v) is 7.83. The summed E-state index contributed by atoms with van der Waals surface area (Å²) in [5.74, 6) is 0.930. The molecule has 71 valence electrons. The summed E-state index contributed by atoms with van der Waals surface area (Å²) in [6.07, 6.45) is 0.922. The average Bonchev–Trinajstić information content (AvgIpc) is 2.19. The van der Waals surface area contributed by atoms with Gasteiger partial charge in [0.2, 0.25) is 0 Å². The van der Waals surface area contributed by atoms with Crippen molar-refractivity contribution in [1.82, 2.24) is 5.32 Å². The summed E-state index contributed by atoms with van der Waals surface area (Å²) in [6.45, 7) is 6.29. The van der Waals surface area contributed by atoms with Crippen molar-refractivity contribution in [2.75, 3.05) is 19.7 Å². The summed E-state index contributed by atoms with van der Waals surface area (Å²) in [6, 6.07) is 9.84. The van der Waals surface area contributed by atoms with Gasteiger partial charge in [-0.1, -0.05) is 25.1 Å². The quantitative estimate of drug-likeness (QED) is 0.671. The van der Waals surface area contributed by atoms with Crippen molar-refractivity contribution >= 4 is 0 Å². The van der Waals surface area contributed by atoms with Gasteiger partial charge in [-0.05, 0) is 25.1 Å². The van der Waals surface area contributed by atoms with Gasteiger partial charge in [0.1, 0.15) is 12.4 Å². The number of hydrogen-bond acceptors (Lipinski definition) is 2. The van der Waals surface area contributed by atoms with E-state index < -0.39 is 0 Å². The second-order valence-electron chi connectivity index (χ2n) is 2.77. The van der Waals surface area contributed by atoms with Crippen molar-refractivity contribution in [3.05, 3.63) is 37.3 Å².